The monoisotopic (exact) mass is 548 g/mol. The number of aliphatic imine (C=N–C) groups is 1. The molecule has 0 spiro atoms. The van der Waals surface area contributed by atoms with Gasteiger partial charge < -0.3 is 20.0 Å². The van der Waals surface area contributed by atoms with Gasteiger partial charge in [0.2, 0.25) is 5.91 Å². The number of H-pyrrole nitrogens is 2. The van der Waals surface area contributed by atoms with Crippen LogP contribution in [0.15, 0.2) is 77.9 Å². The highest BCUT2D eigenvalue weighted by atomic mass is 16.6. The maximum atomic E-state index is 12.1. The molecule has 10 heteroatoms. The molecule has 0 bridgehead atoms. The number of aromatic nitrogens is 3. The third-order valence-electron chi connectivity index (χ3n) is 7.36. The van der Waals surface area contributed by atoms with Crippen LogP contribution in [0.25, 0.3) is 22.2 Å². The lowest BCUT2D eigenvalue weighted by atomic mass is 9.99. The minimum Gasteiger partial charge on any atom is -0.494 e. The van der Waals surface area contributed by atoms with E-state index >= 15 is 0 Å². The van der Waals surface area contributed by atoms with Crippen LogP contribution in [0, 0.1) is 10.1 Å². The van der Waals surface area contributed by atoms with Crippen LogP contribution in [-0.2, 0) is 17.8 Å². The number of aromatic hydroxyl groups is 1. The highest BCUT2D eigenvalue weighted by Gasteiger charge is 2.22. The Labute approximate surface area is 235 Å². The summed E-state index contributed by atoms with van der Waals surface area (Å²) in [6.45, 7) is 3.32. The second kappa shape index (κ2) is 10.7. The molecule has 1 aliphatic heterocycles. The van der Waals surface area contributed by atoms with Crippen molar-refractivity contribution in [2.45, 2.75) is 32.7 Å². The topological polar surface area (TPSA) is 141 Å². The zero-order valence-electron chi connectivity index (χ0n) is 22.4. The Hall–Kier alpha value is -5.25. The molecule has 5 aromatic rings. The summed E-state index contributed by atoms with van der Waals surface area (Å²) >= 11 is 0. The Morgan fingerprint density at radius 1 is 1.10 bits per heavy atom. The van der Waals surface area contributed by atoms with Gasteiger partial charge in [-0.2, -0.15) is 0 Å². The van der Waals surface area contributed by atoms with Gasteiger partial charge in [0.15, 0.2) is 5.88 Å². The second-order valence-electron chi connectivity index (χ2n) is 10.1. The Bertz CT molecular complexity index is 1780. The fourth-order valence-electron chi connectivity index (χ4n) is 5.18. The number of imidazole rings is 1. The summed E-state index contributed by atoms with van der Waals surface area (Å²) in [6.07, 6.45) is 4.07. The molecule has 206 valence electrons. The molecule has 0 aliphatic carbocycles. The first-order valence-corrected chi connectivity index (χ1v) is 13.5. The first-order chi connectivity index (χ1) is 19.9. The van der Waals surface area contributed by atoms with Crippen LogP contribution in [0.3, 0.4) is 0 Å². The van der Waals surface area contributed by atoms with E-state index in [2.05, 4.69) is 15.0 Å². The van der Waals surface area contributed by atoms with Crippen LogP contribution in [0.4, 0.5) is 11.4 Å². The molecule has 2 aromatic heterocycles. The zero-order valence-corrected chi connectivity index (χ0v) is 22.4. The van der Waals surface area contributed by atoms with Crippen molar-refractivity contribution in [2.24, 2.45) is 4.99 Å². The van der Waals surface area contributed by atoms with Crippen LogP contribution < -0.4 is 0 Å². The number of aromatic amines is 2. The second-order valence-corrected chi connectivity index (χ2v) is 10.1. The van der Waals surface area contributed by atoms with E-state index in [-0.39, 0.29) is 17.5 Å². The third kappa shape index (κ3) is 5.19. The van der Waals surface area contributed by atoms with Gasteiger partial charge in [-0.25, -0.2) is 9.98 Å². The highest BCUT2D eigenvalue weighted by molar-refractivity contribution is 6.22. The number of amides is 1. The van der Waals surface area contributed by atoms with Gasteiger partial charge in [-0.3, -0.25) is 14.9 Å². The van der Waals surface area contributed by atoms with Crippen molar-refractivity contribution in [3.8, 4) is 17.1 Å². The van der Waals surface area contributed by atoms with E-state index in [9.17, 15) is 20.0 Å². The number of nitrogens with zero attached hydrogens (tertiary/aromatic N) is 4. The standard InChI is InChI=1S/C31H28N6O4/c1-2-27-32-17-26(34-27)20-9-11-22(12-10-20)33-30(21-7-5-19(6-8-21)18-36-15-3-4-28(36)38)29-24-16-23(37(40)41)13-14-25(24)35-31(29)39/h5-14,16-17,35,39H,2-4,15,18H2,1H3,(H,32,34). The minimum atomic E-state index is -0.462. The van der Waals surface area contributed by atoms with Gasteiger partial charge >= 0.3 is 0 Å². The molecule has 1 saturated heterocycles. The first-order valence-electron chi connectivity index (χ1n) is 13.5. The number of hydrogen-bond donors (Lipinski definition) is 3. The molecule has 3 aromatic carbocycles. The number of carbonyl (C=O) groups excluding carboxylic acids is 1. The quantitative estimate of drug-likeness (QED) is 0.123. The number of benzene rings is 3. The number of aryl methyl sites for hydroxylation is 1. The van der Waals surface area contributed by atoms with Crippen LogP contribution >= 0.6 is 0 Å². The lowest BCUT2D eigenvalue weighted by Gasteiger charge is -2.16. The van der Waals surface area contributed by atoms with E-state index in [1.165, 1.54) is 12.1 Å². The first kappa shape index (κ1) is 26.0. The number of nitrogens with one attached hydrogen (secondary N) is 2. The molecule has 1 amide bonds. The van der Waals surface area contributed by atoms with Crippen LogP contribution in [0.5, 0.6) is 5.88 Å². The smallest absolute Gasteiger partial charge is 0.270 e. The van der Waals surface area contributed by atoms with Crippen LogP contribution in [-0.4, -0.2) is 48.0 Å². The minimum absolute atomic E-state index is 0.0851. The summed E-state index contributed by atoms with van der Waals surface area (Å²) in [7, 11) is 0. The summed E-state index contributed by atoms with van der Waals surface area (Å²) in [6, 6.07) is 19.7. The Kier molecular flexibility index (Phi) is 6.80. The third-order valence-corrected chi connectivity index (χ3v) is 7.36. The summed E-state index contributed by atoms with van der Waals surface area (Å²) < 4.78 is 0. The molecule has 0 saturated carbocycles. The summed E-state index contributed by atoms with van der Waals surface area (Å²) in [5.74, 6) is 0.934. The van der Waals surface area contributed by atoms with Crippen molar-refractivity contribution in [3.63, 3.8) is 0 Å². The fourth-order valence-corrected chi connectivity index (χ4v) is 5.18. The van der Waals surface area contributed by atoms with Gasteiger partial charge in [-0.1, -0.05) is 43.3 Å². The maximum Gasteiger partial charge on any atom is 0.270 e. The van der Waals surface area contributed by atoms with E-state index in [1.54, 1.807) is 12.3 Å². The normalized spacial score (nSPS) is 13.8. The van der Waals surface area contributed by atoms with E-state index < -0.39 is 4.92 Å². The number of fused-ring (bicyclic) bond motifs is 1. The summed E-state index contributed by atoms with van der Waals surface area (Å²) in [5.41, 5.74) is 5.52. The molecule has 0 atom stereocenters. The number of likely N-dealkylation sites (tertiary alicyclic amines) is 1. The molecule has 3 N–H and O–H groups in total. The Morgan fingerprint density at radius 3 is 2.54 bits per heavy atom. The van der Waals surface area contributed by atoms with Crippen molar-refractivity contribution in [1.29, 1.82) is 0 Å². The predicted octanol–water partition coefficient (Wildman–Crippen LogP) is 6.03. The molecule has 0 radical (unpaired) electrons. The maximum absolute atomic E-state index is 12.1. The average molecular weight is 549 g/mol. The summed E-state index contributed by atoms with van der Waals surface area (Å²) in [4.78, 5) is 40.6. The number of rotatable bonds is 8. The number of carbonyl (C=O) groups is 1. The number of nitro benzene ring substituents is 1. The van der Waals surface area contributed by atoms with Gasteiger partial charge in [-0.15, -0.1) is 0 Å². The van der Waals surface area contributed by atoms with Crippen molar-refractivity contribution < 1.29 is 14.8 Å². The van der Waals surface area contributed by atoms with Gasteiger partial charge in [0.1, 0.15) is 5.82 Å². The van der Waals surface area contributed by atoms with Crippen molar-refractivity contribution in [2.75, 3.05) is 6.54 Å². The number of non-ortho nitro benzene ring substituents is 1. The SMILES string of the molecule is CCc1ncc(-c2ccc(N=C(c3ccc(CN4CCCC4=O)cc3)c3c(O)[nH]c4ccc([N+](=O)[O-])cc34)cc2)[nH]1. The van der Waals surface area contributed by atoms with Crippen molar-refractivity contribution in [3.05, 3.63) is 106 Å². The van der Waals surface area contributed by atoms with Crippen LogP contribution in [0.1, 0.15) is 42.3 Å². The molecule has 10 nitrogen and oxygen atoms in total. The largest absolute Gasteiger partial charge is 0.494 e. The molecule has 0 unspecified atom stereocenters. The van der Waals surface area contributed by atoms with E-state index in [0.29, 0.717) is 40.8 Å². The molecular formula is C31H28N6O4. The molecule has 41 heavy (non-hydrogen) atoms. The van der Waals surface area contributed by atoms with Gasteiger partial charge in [0, 0.05) is 54.5 Å². The average Bonchev–Trinajstić information content (AvgIpc) is 3.70. The van der Waals surface area contributed by atoms with E-state index in [0.717, 1.165) is 47.6 Å². The lowest BCUT2D eigenvalue weighted by Crippen LogP contribution is -2.23. The van der Waals surface area contributed by atoms with Crippen molar-refractivity contribution in [1.82, 2.24) is 19.9 Å². The Morgan fingerprint density at radius 2 is 1.88 bits per heavy atom. The molecule has 1 aliphatic rings. The molecule has 1 fully saturated rings. The fraction of sp³-hybridized carbons (Fsp3) is 0.194. The molecule has 6 rings (SSSR count). The molecular weight excluding hydrogens is 520 g/mol. The number of nitro groups is 1. The highest BCUT2D eigenvalue weighted by Crippen LogP contribution is 2.34. The molecule has 3 heterocycles. The predicted molar refractivity (Wildman–Crippen MR) is 156 cm³/mol. The van der Waals surface area contributed by atoms with Crippen molar-refractivity contribution >= 4 is 33.9 Å². The number of hydrogen-bond acceptors (Lipinski definition) is 6. The van der Waals surface area contributed by atoms with Gasteiger partial charge in [0.25, 0.3) is 5.69 Å². The lowest BCUT2D eigenvalue weighted by molar-refractivity contribution is -0.384. The zero-order chi connectivity index (χ0) is 28.5. The van der Waals surface area contributed by atoms with E-state index in [4.69, 9.17) is 4.99 Å². The Balaban J connectivity index is 1.42. The summed E-state index contributed by atoms with van der Waals surface area (Å²) in [5, 5.41) is 23.0. The van der Waals surface area contributed by atoms with Crippen LogP contribution in [0.2, 0.25) is 0 Å². The van der Waals surface area contributed by atoms with Gasteiger partial charge in [0.05, 0.1) is 33.8 Å². The van der Waals surface area contributed by atoms with Gasteiger partial charge in [-0.05, 0) is 35.7 Å². The van der Waals surface area contributed by atoms with E-state index in [1.807, 2.05) is 60.4 Å².